The molecule has 2 aromatic rings. The van der Waals surface area contributed by atoms with Crippen molar-refractivity contribution in [1.29, 1.82) is 0 Å². The Morgan fingerprint density at radius 1 is 0.650 bits per heavy atom. The summed E-state index contributed by atoms with van der Waals surface area (Å²) in [5, 5.41) is -0.158. The largest absolute Gasteiger partial charge is 1.00 e. The summed E-state index contributed by atoms with van der Waals surface area (Å²) in [4.78, 5) is -1.10. The van der Waals surface area contributed by atoms with E-state index in [0.29, 0.717) is 0 Å². The van der Waals surface area contributed by atoms with E-state index in [-0.39, 0.29) is 55.5 Å². The van der Waals surface area contributed by atoms with Crippen molar-refractivity contribution in [3.63, 3.8) is 0 Å². The average molecular weight is 502 g/mol. The minimum atomic E-state index is -4.74. The third-order valence-electron chi connectivity index (χ3n) is 2.38. The smallest absolute Gasteiger partial charge is 0.744 e. The second-order valence-corrected chi connectivity index (χ2v) is 6.21. The van der Waals surface area contributed by atoms with Crippen LogP contribution >= 0.6 is 0 Å². The van der Waals surface area contributed by atoms with Gasteiger partial charge in [-0.25, -0.2) is 16.8 Å². The molecule has 0 unspecified atom stereocenters. The molecule has 2 aromatic carbocycles. The van der Waals surface area contributed by atoms with Crippen molar-refractivity contribution in [2.45, 2.75) is 9.79 Å². The zero-order valence-electron chi connectivity index (χ0n) is 9.33. The molecular formula is C10H6Ag2O6S2. The summed E-state index contributed by atoms with van der Waals surface area (Å²) in [5.41, 5.74) is 0. The third-order valence-corrected chi connectivity index (χ3v) is 4.17. The van der Waals surface area contributed by atoms with Gasteiger partial charge in [0, 0.05) is 10.8 Å². The van der Waals surface area contributed by atoms with Gasteiger partial charge in [0.1, 0.15) is 20.2 Å². The number of fused-ring (bicyclic) bond motifs is 1. The van der Waals surface area contributed by atoms with Crippen LogP contribution < -0.4 is 0 Å². The van der Waals surface area contributed by atoms with E-state index < -0.39 is 30.0 Å². The van der Waals surface area contributed by atoms with E-state index in [2.05, 4.69) is 0 Å². The Hall–Kier alpha value is 0.000519. The fourth-order valence-corrected chi connectivity index (χ4v) is 3.07. The van der Waals surface area contributed by atoms with Crippen LogP contribution in [0, 0.1) is 0 Å². The molecule has 0 radical (unpaired) electrons. The maximum atomic E-state index is 11.0. The van der Waals surface area contributed by atoms with Crippen LogP contribution in [0.1, 0.15) is 0 Å². The molecule has 0 aliphatic rings. The zero-order valence-corrected chi connectivity index (χ0v) is 13.9. The van der Waals surface area contributed by atoms with Crippen LogP contribution in [0.2, 0.25) is 0 Å². The summed E-state index contributed by atoms with van der Waals surface area (Å²) < 4.78 is 66.1. The minimum Gasteiger partial charge on any atom is -0.744 e. The molecule has 6 nitrogen and oxygen atoms in total. The van der Waals surface area contributed by atoms with Gasteiger partial charge in [0.2, 0.25) is 0 Å². The summed E-state index contributed by atoms with van der Waals surface area (Å²) in [6, 6.07) is 7.09. The molecule has 0 saturated heterocycles. The third kappa shape index (κ3) is 4.01. The van der Waals surface area contributed by atoms with Gasteiger partial charge in [0.25, 0.3) is 0 Å². The van der Waals surface area contributed by atoms with Gasteiger partial charge in [-0.3, -0.25) is 0 Å². The standard InChI is InChI=1S/C10H8O6S2.2Ag/c11-17(12,13)9-5-1-3-7-8(9)4-2-6-10(7)18(14,15)16;;/h1-6H,(H,11,12,13)(H,14,15,16);;/q;2*+1/p-2. The molecule has 0 bridgehead atoms. The van der Waals surface area contributed by atoms with E-state index in [1.165, 1.54) is 24.3 Å². The monoisotopic (exact) mass is 500 g/mol. The first-order chi connectivity index (χ1) is 8.21. The first-order valence-corrected chi connectivity index (χ1v) is 7.46. The summed E-state index contributed by atoms with van der Waals surface area (Å²) >= 11 is 0. The number of rotatable bonds is 2. The Labute approximate surface area is 147 Å². The second kappa shape index (κ2) is 6.84. The van der Waals surface area contributed by atoms with Gasteiger partial charge in [-0.2, -0.15) is 0 Å². The molecule has 0 atom stereocenters. The van der Waals surface area contributed by atoms with Crippen LogP contribution in [-0.2, 0) is 65.0 Å². The Balaban J connectivity index is 0.00000180. The quantitative estimate of drug-likeness (QED) is 0.440. The fraction of sp³-hybridized carbons (Fsp3) is 0. The van der Waals surface area contributed by atoms with E-state index in [0.717, 1.165) is 12.1 Å². The SMILES string of the molecule is O=S(=O)([O-])c1cccc2c(S(=O)(=O)[O-])cccc12.[Ag+].[Ag+]. The Bertz CT molecular complexity index is 759. The van der Waals surface area contributed by atoms with Crippen molar-refractivity contribution >= 4 is 31.0 Å². The fourth-order valence-electron chi connectivity index (χ4n) is 1.69. The minimum absolute atomic E-state index is 0. The molecule has 0 fully saturated rings. The van der Waals surface area contributed by atoms with E-state index >= 15 is 0 Å². The maximum absolute atomic E-state index is 11.0. The number of benzene rings is 2. The molecule has 116 valence electrons. The molecule has 0 amide bonds. The summed E-state index contributed by atoms with van der Waals surface area (Å²) in [6.07, 6.45) is 0. The van der Waals surface area contributed by atoms with Crippen molar-refractivity contribution in [3.8, 4) is 0 Å². The number of hydrogen-bond donors (Lipinski definition) is 0. The first-order valence-electron chi connectivity index (χ1n) is 4.65. The van der Waals surface area contributed by atoms with E-state index in [1.54, 1.807) is 0 Å². The average Bonchev–Trinajstić information content (AvgIpc) is 2.24. The van der Waals surface area contributed by atoms with Crippen LogP contribution in [-0.4, -0.2) is 25.9 Å². The van der Waals surface area contributed by atoms with Crippen molar-refractivity contribution in [1.82, 2.24) is 0 Å². The summed E-state index contributed by atoms with van der Waals surface area (Å²) in [7, 11) is -9.48. The van der Waals surface area contributed by atoms with Crippen molar-refractivity contribution in [2.75, 3.05) is 0 Å². The van der Waals surface area contributed by atoms with Gasteiger partial charge in [0.05, 0.1) is 9.79 Å². The Kier molecular flexibility index (Phi) is 6.84. The van der Waals surface area contributed by atoms with E-state index in [9.17, 15) is 25.9 Å². The predicted octanol–water partition coefficient (Wildman–Crippen LogP) is 0.643. The zero-order chi connectivity index (χ0) is 13.6. The molecule has 0 aliphatic heterocycles. The molecule has 0 heterocycles. The van der Waals surface area contributed by atoms with Crippen LogP contribution in [0.5, 0.6) is 0 Å². The van der Waals surface area contributed by atoms with Gasteiger partial charge < -0.3 is 9.11 Å². The first kappa shape index (κ1) is 20.0. The molecule has 0 N–H and O–H groups in total. The van der Waals surface area contributed by atoms with Gasteiger partial charge in [-0.15, -0.1) is 0 Å². The van der Waals surface area contributed by atoms with Crippen LogP contribution in [0.25, 0.3) is 10.8 Å². The molecule has 10 heteroatoms. The normalized spacial score (nSPS) is 11.5. The second-order valence-electron chi connectivity index (χ2n) is 3.52. The van der Waals surface area contributed by atoms with Crippen molar-refractivity contribution in [2.24, 2.45) is 0 Å². The molecule has 0 aromatic heterocycles. The maximum Gasteiger partial charge on any atom is 1.00 e. The van der Waals surface area contributed by atoms with Crippen LogP contribution in [0.4, 0.5) is 0 Å². The van der Waals surface area contributed by atoms with Gasteiger partial charge in [0.15, 0.2) is 0 Å². The summed E-state index contributed by atoms with van der Waals surface area (Å²) in [6.45, 7) is 0. The predicted molar refractivity (Wildman–Crippen MR) is 59.9 cm³/mol. The van der Waals surface area contributed by atoms with Gasteiger partial charge in [-0.1, -0.05) is 24.3 Å². The van der Waals surface area contributed by atoms with Gasteiger partial charge >= 0.3 is 44.8 Å². The molecule has 2 rings (SSSR count). The topological polar surface area (TPSA) is 114 Å². The number of hydrogen-bond acceptors (Lipinski definition) is 6. The van der Waals surface area contributed by atoms with Crippen LogP contribution in [0.15, 0.2) is 46.2 Å². The Morgan fingerprint density at radius 2 is 0.950 bits per heavy atom. The molecule has 0 saturated carbocycles. The van der Waals surface area contributed by atoms with E-state index in [4.69, 9.17) is 0 Å². The summed E-state index contributed by atoms with van der Waals surface area (Å²) in [5.74, 6) is 0. The van der Waals surface area contributed by atoms with Crippen molar-refractivity contribution in [3.05, 3.63) is 36.4 Å². The molecule has 20 heavy (non-hydrogen) atoms. The van der Waals surface area contributed by atoms with Gasteiger partial charge in [-0.05, 0) is 12.1 Å². The molecular weight excluding hydrogens is 496 g/mol. The van der Waals surface area contributed by atoms with Crippen molar-refractivity contribution < 1.29 is 70.7 Å². The van der Waals surface area contributed by atoms with Crippen LogP contribution in [0.3, 0.4) is 0 Å². The molecule has 0 aliphatic carbocycles. The Morgan fingerprint density at radius 3 is 1.20 bits per heavy atom. The molecule has 0 spiro atoms. The van der Waals surface area contributed by atoms with E-state index in [1.807, 2.05) is 0 Å².